The molecule has 9 rings (SSSR count). The van der Waals surface area contributed by atoms with Crippen molar-refractivity contribution >= 4 is 42.1 Å². The summed E-state index contributed by atoms with van der Waals surface area (Å²) in [7, 11) is 0. The van der Waals surface area contributed by atoms with E-state index >= 15 is 0 Å². The number of fused-ring (bicyclic) bond motifs is 1. The average molecular weight is 1360 g/mol. The Balaban J connectivity index is 0.820. The number of phenols is 6. The predicted molar refractivity (Wildman–Crippen MR) is 307 cm³/mol. The summed E-state index contributed by atoms with van der Waals surface area (Å²) in [6.45, 7) is -3.17. The van der Waals surface area contributed by atoms with Gasteiger partial charge in [0.1, 0.15) is 147 Å². The van der Waals surface area contributed by atoms with Crippen molar-refractivity contribution in [3.8, 4) is 57.5 Å². The number of hydrogen-bond donors (Lipinski definition) is 20. The lowest BCUT2D eigenvalue weighted by atomic mass is 9.98. The molecule has 36 heteroatoms. The molecule has 0 saturated carbocycles. The monoisotopic (exact) mass is 1360 g/mol. The van der Waals surface area contributed by atoms with E-state index in [9.17, 15) is 116 Å². The van der Waals surface area contributed by atoms with Gasteiger partial charge in [0.05, 0.1) is 12.2 Å². The lowest BCUT2D eigenvalue weighted by molar-refractivity contribution is -0.294. The lowest BCUT2D eigenvalue weighted by Gasteiger charge is -2.41. The number of carbonyl (C=O) groups excluding carboxylic acids is 3. The van der Waals surface area contributed by atoms with Crippen LogP contribution in [0, 0.1) is 0 Å². The van der Waals surface area contributed by atoms with E-state index < -0.39 is 232 Å². The van der Waals surface area contributed by atoms with Crippen molar-refractivity contribution in [3.63, 3.8) is 0 Å². The first-order chi connectivity index (χ1) is 45.5. The van der Waals surface area contributed by atoms with E-state index in [-0.39, 0.29) is 39.5 Å². The van der Waals surface area contributed by atoms with Gasteiger partial charge in [-0.3, -0.25) is 9.59 Å². The minimum absolute atomic E-state index is 0.111. The predicted octanol–water partition coefficient (Wildman–Crippen LogP) is -4.70. The molecule has 522 valence electrons. The van der Waals surface area contributed by atoms with E-state index in [1.807, 2.05) is 0 Å². The topological polar surface area (TPSA) is 584 Å². The summed E-state index contributed by atoms with van der Waals surface area (Å²) in [6, 6.07) is 11.0. The first-order valence-electron chi connectivity index (χ1n) is 28.8. The van der Waals surface area contributed by atoms with E-state index in [0.717, 1.165) is 66.8 Å². The minimum Gasteiger partial charge on any atom is -0.508 e. The maximum absolute atomic E-state index is 13.1. The van der Waals surface area contributed by atoms with Gasteiger partial charge in [-0.15, -0.1) is 0 Å². The smallest absolute Gasteiger partial charge is 0.330 e. The Morgan fingerprint density at radius 1 is 0.448 bits per heavy atom. The first-order valence-corrected chi connectivity index (χ1v) is 28.8. The zero-order valence-electron chi connectivity index (χ0n) is 49.3. The molecular weight excluding hydrogens is 1300 g/mol. The summed E-state index contributed by atoms with van der Waals surface area (Å²) in [6.07, 6.45) is -34.4. The first kappa shape index (κ1) is 71.4. The van der Waals surface area contributed by atoms with Crippen LogP contribution in [0.5, 0.6) is 57.5 Å². The van der Waals surface area contributed by atoms with Gasteiger partial charge in [0.15, 0.2) is 46.4 Å². The number of hydrogen-bond acceptors (Lipinski definition) is 35. The zero-order valence-corrected chi connectivity index (χ0v) is 49.3. The number of esters is 3. The van der Waals surface area contributed by atoms with E-state index in [4.69, 9.17) is 61.9 Å². The van der Waals surface area contributed by atoms with Crippen molar-refractivity contribution < 1.29 is 178 Å². The largest absolute Gasteiger partial charge is 0.508 e. The van der Waals surface area contributed by atoms with Gasteiger partial charge < -0.3 is 159 Å². The molecule has 4 fully saturated rings. The van der Waals surface area contributed by atoms with Crippen LogP contribution >= 0.6 is 0 Å². The molecule has 5 aliphatic rings. The van der Waals surface area contributed by atoms with E-state index in [1.165, 1.54) is 24.3 Å². The Morgan fingerprint density at radius 3 is 1.40 bits per heavy atom. The highest BCUT2D eigenvalue weighted by molar-refractivity contribution is 5.90. The highest BCUT2D eigenvalue weighted by Crippen LogP contribution is 2.48. The second kappa shape index (κ2) is 30.4. The van der Waals surface area contributed by atoms with Crippen LogP contribution in [0.2, 0.25) is 0 Å². The summed E-state index contributed by atoms with van der Waals surface area (Å²) in [5.41, 5.74) is -0.0623. The van der Waals surface area contributed by atoms with Crippen LogP contribution in [-0.4, -0.2) is 275 Å². The number of carbonyl (C=O) groups is 4. The van der Waals surface area contributed by atoms with Gasteiger partial charge in [-0.2, -0.15) is 0 Å². The van der Waals surface area contributed by atoms with Crippen LogP contribution < -0.4 is 18.9 Å². The molecule has 0 unspecified atom stereocenters. The van der Waals surface area contributed by atoms with Crippen molar-refractivity contribution in [1.29, 1.82) is 0 Å². The van der Waals surface area contributed by atoms with Crippen LogP contribution in [0.1, 0.15) is 34.8 Å². The molecule has 5 aliphatic heterocycles. The standard InChI is InChI=1S/C60H66O36/c61-17-35-44(73)48(77)52(81)59(93-35)91-33-10-22(1-5-26(33)63)4-8-41(70)86-18-36-45(74)49(78)53(82)57(94-36)89-30-6-2-21(9-27(30)64)3-7-40(69)85-19-37-46(75)51(80)55(84)60(96-37)92-34-15-25-31(88-56(34)23-11-28(65)43(72)29(66)12-23)13-24(62)14-32(25)90-58-54(83)50(79)47(76)38(95-58)20-87-42(71)16-39(67)68/h1-15,35-38,44-66,72-84H,16-20H2,(H,67,68)/b7-3+,8-4+/t35-,36-,37-,38-,44-,45-,46-,47-,48+,49+,50+,51+,52-,53-,54-,55-,56-,57-,58-,59-,60-/m1/s1. The average Bonchev–Trinajstić information content (AvgIpc) is 0.765. The number of aliphatic hydroxyl groups excluding tert-OH is 13. The third kappa shape index (κ3) is 16.3. The molecule has 4 saturated heterocycles. The van der Waals surface area contributed by atoms with Crippen molar-refractivity contribution in [2.75, 3.05) is 26.4 Å². The molecule has 4 aromatic carbocycles. The number of benzene rings is 4. The van der Waals surface area contributed by atoms with Gasteiger partial charge in [0.2, 0.25) is 25.2 Å². The molecule has 5 heterocycles. The molecule has 0 radical (unpaired) electrons. The molecule has 21 atom stereocenters. The van der Waals surface area contributed by atoms with E-state index in [1.54, 1.807) is 0 Å². The number of phenolic OH excluding ortho intramolecular Hbond substituents is 6. The second-order valence-corrected chi connectivity index (χ2v) is 22.2. The fraction of sp³-hybridized carbons (Fsp3) is 0.433. The lowest BCUT2D eigenvalue weighted by Crippen LogP contribution is -2.60. The van der Waals surface area contributed by atoms with Crippen molar-refractivity contribution in [3.05, 3.63) is 101 Å². The van der Waals surface area contributed by atoms with Crippen LogP contribution in [0.25, 0.3) is 18.2 Å². The molecule has 0 bridgehead atoms. The summed E-state index contributed by atoms with van der Waals surface area (Å²) >= 11 is 0. The van der Waals surface area contributed by atoms with Gasteiger partial charge in [0.25, 0.3) is 0 Å². The number of carboxylic acid groups (broad SMARTS) is 1. The normalized spacial score (nSPS) is 32.1. The maximum atomic E-state index is 13.1. The van der Waals surface area contributed by atoms with Gasteiger partial charge >= 0.3 is 23.9 Å². The Kier molecular flexibility index (Phi) is 22.6. The zero-order chi connectivity index (χ0) is 69.7. The molecule has 36 nitrogen and oxygen atoms in total. The molecule has 4 aromatic rings. The van der Waals surface area contributed by atoms with Gasteiger partial charge in [-0.25, -0.2) is 9.59 Å². The number of rotatable bonds is 22. The summed E-state index contributed by atoms with van der Waals surface area (Å²) in [4.78, 5) is 48.8. The molecule has 96 heavy (non-hydrogen) atoms. The van der Waals surface area contributed by atoms with Gasteiger partial charge in [-0.1, -0.05) is 12.1 Å². The SMILES string of the molecule is O=C(O)CC(=O)OC[C@H]1O[C@@H](Oc2cc(O)cc3c2C=C(O[C@@H]2O[C@H](COC(=O)/C=C/c4ccc(O[C@@H]5O[C@H](COC(=O)/C=C/c6ccc(O)c(O[C@@H]7O[C@H](CO)[C@@H](O)[C@H](O)[C@H]7O)c6)[C@@H](O)[C@H](O)[C@H]5O)c(O)c4)[C@@H](O)[C@H](O)[C@H]2O)[C@@H](c2cc(O)c(O)c(O)c2)O3)[C@H](O)[C@@H](O)[C@@H]1O. The fourth-order valence-electron chi connectivity index (χ4n) is 10.1. The number of aromatic hydroxyl groups is 6. The second-order valence-electron chi connectivity index (χ2n) is 22.2. The Morgan fingerprint density at radius 2 is 0.896 bits per heavy atom. The molecule has 0 aliphatic carbocycles. The Labute approximate surface area is 539 Å². The van der Waals surface area contributed by atoms with E-state index in [0.29, 0.717) is 0 Å². The van der Waals surface area contributed by atoms with Gasteiger partial charge in [-0.05, 0) is 65.8 Å². The van der Waals surface area contributed by atoms with Crippen LogP contribution in [0.15, 0.2) is 78.6 Å². The Hall–Kier alpha value is -8.90. The number of aliphatic hydroxyl groups is 13. The molecule has 0 spiro atoms. The summed E-state index contributed by atoms with van der Waals surface area (Å²) in [5.74, 6) is -11.2. The fourth-order valence-corrected chi connectivity index (χ4v) is 10.1. The van der Waals surface area contributed by atoms with Gasteiger partial charge in [0, 0.05) is 29.8 Å². The van der Waals surface area contributed by atoms with Crippen LogP contribution in [0.3, 0.4) is 0 Å². The summed E-state index contributed by atoms with van der Waals surface area (Å²) in [5, 5.41) is 209. The van der Waals surface area contributed by atoms with Crippen molar-refractivity contribution in [2.24, 2.45) is 0 Å². The van der Waals surface area contributed by atoms with Crippen molar-refractivity contribution in [1.82, 2.24) is 0 Å². The highest BCUT2D eigenvalue weighted by atomic mass is 16.7. The quantitative estimate of drug-likeness (QED) is 0.0116. The molecule has 20 N–H and O–H groups in total. The Bertz CT molecular complexity index is 3510. The number of aliphatic carboxylic acids is 1. The van der Waals surface area contributed by atoms with Crippen LogP contribution in [0.4, 0.5) is 0 Å². The minimum atomic E-state index is -2.13. The molecular formula is C60H66O36. The van der Waals surface area contributed by atoms with E-state index in [2.05, 4.69) is 0 Å². The maximum Gasteiger partial charge on any atom is 0.330 e. The number of carboxylic acids is 1. The third-order valence-electron chi connectivity index (χ3n) is 15.4. The summed E-state index contributed by atoms with van der Waals surface area (Å²) < 4.78 is 66.7. The number of ether oxygens (including phenoxy) is 12. The molecule has 0 amide bonds. The highest BCUT2D eigenvalue weighted by Gasteiger charge is 2.50. The van der Waals surface area contributed by atoms with Crippen LogP contribution in [-0.2, 0) is 57.1 Å². The van der Waals surface area contributed by atoms with Crippen molar-refractivity contribution in [2.45, 2.75) is 135 Å². The third-order valence-corrected chi connectivity index (χ3v) is 15.4. The molecule has 0 aromatic heterocycles.